The summed E-state index contributed by atoms with van der Waals surface area (Å²) < 4.78 is 11.2. The molecule has 0 aromatic carbocycles. The Bertz CT molecular complexity index is 904. The van der Waals surface area contributed by atoms with Crippen LogP contribution in [-0.4, -0.2) is 39.0 Å². The summed E-state index contributed by atoms with van der Waals surface area (Å²) in [6, 6.07) is 0. The van der Waals surface area contributed by atoms with E-state index in [4.69, 9.17) is 9.47 Å². The quantitative estimate of drug-likeness (QED) is 0.0317. The maximum atomic E-state index is 13.2. The van der Waals surface area contributed by atoms with Crippen LogP contribution in [0.25, 0.3) is 0 Å². The molecule has 0 aromatic rings. The van der Waals surface area contributed by atoms with Crippen LogP contribution in [0.3, 0.4) is 0 Å². The smallest absolute Gasteiger partial charge is 0.381 e. The molecule has 7 heteroatoms. The van der Waals surface area contributed by atoms with E-state index in [2.05, 4.69) is 20.8 Å². The van der Waals surface area contributed by atoms with Crippen molar-refractivity contribution in [3.8, 4) is 0 Å². The van der Waals surface area contributed by atoms with E-state index in [1.54, 1.807) is 6.92 Å². The maximum Gasteiger partial charge on any atom is 0.381 e. The number of ether oxygens (including phenoxy) is 2. The van der Waals surface area contributed by atoms with Gasteiger partial charge in [0.25, 0.3) is 0 Å². The fraction of sp³-hybridized carbons (Fsp3) is 0.964. The molecule has 0 amide bonds. The molecule has 0 bridgehead atoms. The van der Waals surface area contributed by atoms with E-state index in [0.29, 0.717) is 19.3 Å². The van der Waals surface area contributed by atoms with E-state index < -0.39 is 29.6 Å². The summed E-state index contributed by atoms with van der Waals surface area (Å²) >= 11 is 0. The Morgan fingerprint density at radius 2 is 0.548 bits per heavy atom. The van der Waals surface area contributed by atoms with E-state index in [-0.39, 0.29) is 25.7 Å². The SMILES string of the molecule is CCCCCCCCCCCCCCCCCC(=O)OC(O)(OC(=O)CCCCCCCCCCCCCCCCC)C(CCCCCCCCCCCCCC)C(O)(O)CC. The molecule has 0 saturated carbocycles. The highest BCUT2D eigenvalue weighted by Gasteiger charge is 2.54. The zero-order valence-corrected chi connectivity index (χ0v) is 42.1. The summed E-state index contributed by atoms with van der Waals surface area (Å²) in [7, 11) is 0. The van der Waals surface area contributed by atoms with Crippen molar-refractivity contribution in [3.63, 3.8) is 0 Å². The third-order valence-corrected chi connectivity index (χ3v) is 13.4. The van der Waals surface area contributed by atoms with Crippen LogP contribution in [0.15, 0.2) is 0 Å². The second kappa shape index (κ2) is 45.0. The molecule has 0 fully saturated rings. The highest BCUT2D eigenvalue weighted by molar-refractivity contribution is 5.71. The summed E-state index contributed by atoms with van der Waals surface area (Å²) in [4.78, 5) is 26.5. The van der Waals surface area contributed by atoms with Gasteiger partial charge in [-0.05, 0) is 25.7 Å². The van der Waals surface area contributed by atoms with Crippen molar-refractivity contribution >= 4 is 11.9 Å². The lowest BCUT2D eigenvalue weighted by atomic mass is 9.87. The standard InChI is InChI=1S/C55H108O7/c1-5-9-12-15-18-21-24-27-29-31-34-37-40-43-46-49-52(56)61-55(60,51(54(58,59)8-4)48-45-42-39-36-33-26-23-20-17-14-11-7-3)62-53(57)50-47-44-41-38-35-32-30-28-25-22-19-16-13-10-6-2/h51,58-60H,5-50H2,1-4H3. The van der Waals surface area contributed by atoms with Gasteiger partial charge in [0.15, 0.2) is 5.79 Å². The first kappa shape index (κ1) is 60.8. The average molecular weight is 881 g/mol. The van der Waals surface area contributed by atoms with E-state index in [1.165, 1.54) is 193 Å². The number of rotatable bonds is 50. The van der Waals surface area contributed by atoms with Crippen molar-refractivity contribution in [1.82, 2.24) is 0 Å². The average Bonchev–Trinajstić information content (AvgIpc) is 3.25. The molecule has 0 heterocycles. The lowest BCUT2D eigenvalue weighted by Gasteiger charge is -2.40. The summed E-state index contributed by atoms with van der Waals surface area (Å²) in [5.41, 5.74) is 0. The predicted molar refractivity (Wildman–Crippen MR) is 263 cm³/mol. The Balaban J connectivity index is 4.91. The van der Waals surface area contributed by atoms with Crippen molar-refractivity contribution in [1.29, 1.82) is 0 Å². The molecule has 1 unspecified atom stereocenters. The number of unbranched alkanes of at least 4 members (excludes halogenated alkanes) is 39. The molecule has 7 nitrogen and oxygen atoms in total. The molecule has 0 rings (SSSR count). The van der Waals surface area contributed by atoms with Gasteiger partial charge < -0.3 is 24.8 Å². The largest absolute Gasteiger partial charge is 0.398 e. The van der Waals surface area contributed by atoms with Crippen LogP contribution < -0.4 is 0 Å². The minimum Gasteiger partial charge on any atom is -0.398 e. The Hall–Kier alpha value is -1.18. The zero-order chi connectivity index (χ0) is 45.7. The molecule has 0 aliphatic carbocycles. The first-order valence-corrected chi connectivity index (χ1v) is 27.8. The van der Waals surface area contributed by atoms with Gasteiger partial charge in [0.1, 0.15) is 5.92 Å². The third kappa shape index (κ3) is 38.1. The Morgan fingerprint density at radius 1 is 0.339 bits per heavy atom. The van der Waals surface area contributed by atoms with Crippen molar-refractivity contribution in [2.75, 3.05) is 0 Å². The molecule has 0 aliphatic rings. The van der Waals surface area contributed by atoms with Gasteiger partial charge in [-0.2, -0.15) is 0 Å². The third-order valence-electron chi connectivity index (χ3n) is 13.4. The summed E-state index contributed by atoms with van der Waals surface area (Å²) in [5, 5.41) is 34.2. The Kier molecular flexibility index (Phi) is 44.1. The molecule has 0 spiro atoms. The normalized spacial score (nSPS) is 12.6. The van der Waals surface area contributed by atoms with Crippen LogP contribution >= 0.6 is 0 Å². The van der Waals surface area contributed by atoms with Gasteiger partial charge in [-0.1, -0.05) is 285 Å². The molecule has 0 aromatic heterocycles. The van der Waals surface area contributed by atoms with Crippen LogP contribution in [0.1, 0.15) is 323 Å². The molecule has 0 saturated heterocycles. The molecule has 0 radical (unpaired) electrons. The highest BCUT2D eigenvalue weighted by Crippen LogP contribution is 2.37. The predicted octanol–water partition coefficient (Wildman–Crippen LogP) is 17.0. The molecule has 370 valence electrons. The Labute approximate surface area is 385 Å². The lowest BCUT2D eigenvalue weighted by Crippen LogP contribution is -2.56. The van der Waals surface area contributed by atoms with Crippen molar-refractivity contribution < 1.29 is 34.4 Å². The fourth-order valence-electron chi connectivity index (χ4n) is 9.01. The van der Waals surface area contributed by atoms with Crippen molar-refractivity contribution in [2.24, 2.45) is 5.92 Å². The van der Waals surface area contributed by atoms with Crippen molar-refractivity contribution in [3.05, 3.63) is 0 Å². The van der Waals surface area contributed by atoms with Crippen LogP contribution in [0.4, 0.5) is 0 Å². The first-order chi connectivity index (χ1) is 30.2. The van der Waals surface area contributed by atoms with E-state index in [9.17, 15) is 24.9 Å². The van der Waals surface area contributed by atoms with Crippen LogP contribution in [0, 0.1) is 5.92 Å². The van der Waals surface area contributed by atoms with Crippen LogP contribution in [-0.2, 0) is 19.1 Å². The minimum absolute atomic E-state index is 0.0818. The van der Waals surface area contributed by atoms with Crippen LogP contribution in [0.2, 0.25) is 0 Å². The van der Waals surface area contributed by atoms with E-state index in [0.717, 1.165) is 57.8 Å². The number of carbonyl (C=O) groups is 2. The zero-order valence-electron chi connectivity index (χ0n) is 42.1. The summed E-state index contributed by atoms with van der Waals surface area (Å²) in [6.45, 7) is 8.39. The number of esters is 2. The first-order valence-electron chi connectivity index (χ1n) is 27.8. The maximum absolute atomic E-state index is 13.2. The number of carbonyl (C=O) groups excluding carboxylic acids is 2. The molecule has 3 N–H and O–H groups in total. The summed E-state index contributed by atoms with van der Waals surface area (Å²) in [6.07, 6.45) is 50.7. The van der Waals surface area contributed by atoms with E-state index >= 15 is 0 Å². The molecular formula is C55H108O7. The topological polar surface area (TPSA) is 113 Å². The highest BCUT2D eigenvalue weighted by atomic mass is 16.8. The number of aliphatic hydroxyl groups is 3. The van der Waals surface area contributed by atoms with Gasteiger partial charge in [-0.15, -0.1) is 0 Å². The summed E-state index contributed by atoms with van der Waals surface area (Å²) in [5.74, 6) is -7.84. The fourth-order valence-corrected chi connectivity index (χ4v) is 9.01. The van der Waals surface area contributed by atoms with Gasteiger partial charge in [0, 0.05) is 12.8 Å². The molecule has 62 heavy (non-hydrogen) atoms. The minimum atomic E-state index is -2.74. The Morgan fingerprint density at radius 3 is 0.774 bits per heavy atom. The monoisotopic (exact) mass is 881 g/mol. The van der Waals surface area contributed by atoms with Gasteiger partial charge in [-0.3, -0.25) is 9.59 Å². The van der Waals surface area contributed by atoms with Gasteiger partial charge in [-0.25, -0.2) is 0 Å². The van der Waals surface area contributed by atoms with Gasteiger partial charge in [0.05, 0.1) is 0 Å². The molecular weight excluding hydrogens is 773 g/mol. The van der Waals surface area contributed by atoms with Crippen LogP contribution in [0.5, 0.6) is 0 Å². The molecule has 1 atom stereocenters. The lowest BCUT2D eigenvalue weighted by molar-refractivity contribution is -0.393. The molecule has 0 aliphatic heterocycles. The number of hydrogen-bond acceptors (Lipinski definition) is 7. The van der Waals surface area contributed by atoms with E-state index in [1.807, 2.05) is 0 Å². The van der Waals surface area contributed by atoms with Gasteiger partial charge in [0.2, 0.25) is 0 Å². The second-order valence-electron chi connectivity index (χ2n) is 19.4. The number of hydrogen-bond donors (Lipinski definition) is 3. The van der Waals surface area contributed by atoms with Gasteiger partial charge >= 0.3 is 17.9 Å². The second-order valence-corrected chi connectivity index (χ2v) is 19.4. The van der Waals surface area contributed by atoms with Crippen molar-refractivity contribution in [2.45, 2.75) is 335 Å².